The molecule has 5 rings (SSSR count). The van der Waals surface area contributed by atoms with Gasteiger partial charge in [0.2, 0.25) is 0 Å². The number of hydrogen-bond acceptors (Lipinski definition) is 17. The molecule has 4 aliphatic heterocycles. The maximum atomic E-state index is 14.8. The van der Waals surface area contributed by atoms with Gasteiger partial charge in [-0.1, -0.05) is 58.0 Å². The Morgan fingerprint density at radius 3 is 2.07 bits per heavy atom. The highest BCUT2D eigenvalue weighted by Gasteiger charge is 2.58. The minimum atomic E-state index is -1.42. The molecule has 0 aliphatic carbocycles. The van der Waals surface area contributed by atoms with Gasteiger partial charge in [0, 0.05) is 45.3 Å². The Hall–Kier alpha value is -3.91. The summed E-state index contributed by atoms with van der Waals surface area (Å²) in [6.45, 7) is 19.1. The van der Waals surface area contributed by atoms with E-state index in [4.69, 9.17) is 52.1 Å². The van der Waals surface area contributed by atoms with Crippen LogP contribution in [0.3, 0.4) is 0 Å². The molecule has 4 heterocycles. The van der Waals surface area contributed by atoms with Gasteiger partial charge in [0.05, 0.1) is 48.0 Å². The van der Waals surface area contributed by atoms with Crippen LogP contribution in [-0.2, 0) is 73.1 Å². The van der Waals surface area contributed by atoms with Gasteiger partial charge in [-0.15, -0.1) is 0 Å². The maximum absolute atomic E-state index is 14.8. The number of cyclic esters (lactones) is 1. The first-order valence-electron chi connectivity index (χ1n) is 23.6. The first kappa shape index (κ1) is 54.0. The van der Waals surface area contributed by atoms with Crippen molar-refractivity contribution in [1.82, 2.24) is 10.2 Å². The number of nitrogens with zero attached hydrogens (tertiary/aromatic N) is 1. The van der Waals surface area contributed by atoms with Crippen LogP contribution in [0.5, 0.6) is 0 Å². The summed E-state index contributed by atoms with van der Waals surface area (Å²) in [5.74, 6) is -4.69. The van der Waals surface area contributed by atoms with Crippen LogP contribution in [0.15, 0.2) is 30.3 Å². The Balaban J connectivity index is 1.58. The molecular formula is C49H76N2O16. The van der Waals surface area contributed by atoms with Gasteiger partial charge >= 0.3 is 24.2 Å². The summed E-state index contributed by atoms with van der Waals surface area (Å²) in [4.78, 5) is 70.1. The average Bonchev–Trinajstić information content (AvgIpc) is 3.60. The van der Waals surface area contributed by atoms with Crippen molar-refractivity contribution in [2.75, 3.05) is 28.3 Å². The van der Waals surface area contributed by atoms with Gasteiger partial charge in [0.25, 0.3) is 0 Å². The zero-order valence-corrected chi connectivity index (χ0v) is 42.1. The number of amides is 1. The molecule has 378 valence electrons. The van der Waals surface area contributed by atoms with Crippen LogP contribution in [0, 0.1) is 23.7 Å². The highest BCUT2D eigenvalue weighted by molar-refractivity contribution is 5.85. The average molecular weight is 949 g/mol. The number of nitrogens with one attached hydrogen (secondary N) is 1. The Kier molecular flexibility index (Phi) is 17.9. The van der Waals surface area contributed by atoms with Crippen LogP contribution < -0.4 is 5.32 Å². The fourth-order valence-corrected chi connectivity index (χ4v) is 10.7. The van der Waals surface area contributed by atoms with Crippen molar-refractivity contribution in [3.63, 3.8) is 0 Å². The van der Waals surface area contributed by atoms with Crippen LogP contribution in [0.2, 0.25) is 0 Å². The molecule has 0 radical (unpaired) electrons. The van der Waals surface area contributed by atoms with Crippen LogP contribution in [0.4, 0.5) is 9.59 Å². The number of rotatable bonds is 12. The van der Waals surface area contributed by atoms with Gasteiger partial charge in [-0.3, -0.25) is 14.4 Å². The fourth-order valence-electron chi connectivity index (χ4n) is 10.7. The van der Waals surface area contributed by atoms with E-state index in [0.717, 1.165) is 5.56 Å². The number of hydrogen-bond donors (Lipinski definition) is 1. The number of methoxy groups -OCH3 is 2. The van der Waals surface area contributed by atoms with Crippen molar-refractivity contribution in [3.8, 4) is 0 Å². The van der Waals surface area contributed by atoms with Crippen molar-refractivity contribution >= 4 is 30.0 Å². The van der Waals surface area contributed by atoms with Gasteiger partial charge in [-0.2, -0.15) is 0 Å². The lowest BCUT2D eigenvalue weighted by atomic mass is 9.73. The number of carbonyl (C=O) groups is 5. The standard InChI is InChI=1S/C49H76N2O16/c1-16-35-49(11)40(50-45(55)67-49)28(4)37(53)26(2)23-47(9,57-14)41(65-44-39(62-32(8)52)34(51(12)13)22-27(3)60-44)29(5)38(30(6)43(54)63-35)64-36-24-48(10,58-15)42(31(7)61-36)66-46(56)59-25-33-20-18-17-19-21-33/h17-21,26-31,34-36,38-42,44H,16,22-25H2,1-15H3,(H,50,55)/t26-,27-,28-,29+,30-,31+,34+,35-,36+,38+,39-,40-,41-,42+,44+,47-,48-,49-/m1/s1. The van der Waals surface area contributed by atoms with Crippen molar-refractivity contribution in [2.45, 2.75) is 193 Å². The normalized spacial score (nSPS) is 41.0. The topological polar surface area (TPSA) is 202 Å². The van der Waals surface area contributed by atoms with E-state index >= 15 is 0 Å². The van der Waals surface area contributed by atoms with Gasteiger partial charge in [-0.25, -0.2) is 9.59 Å². The Bertz CT molecular complexity index is 1870. The lowest BCUT2D eigenvalue weighted by molar-refractivity contribution is -0.320. The summed E-state index contributed by atoms with van der Waals surface area (Å²) >= 11 is 0. The van der Waals surface area contributed by atoms with Crippen molar-refractivity contribution < 1.29 is 76.1 Å². The highest BCUT2D eigenvalue weighted by atomic mass is 16.8. The number of ketones is 1. The molecule has 0 spiro atoms. The summed E-state index contributed by atoms with van der Waals surface area (Å²) in [6.07, 6.45) is -8.94. The summed E-state index contributed by atoms with van der Waals surface area (Å²) in [7, 11) is 6.79. The molecular weight excluding hydrogens is 873 g/mol. The molecule has 4 aliphatic rings. The van der Waals surface area contributed by atoms with E-state index in [1.807, 2.05) is 77.0 Å². The largest absolute Gasteiger partial charge is 0.509 e. The Morgan fingerprint density at radius 2 is 1.48 bits per heavy atom. The predicted octanol–water partition coefficient (Wildman–Crippen LogP) is 6.13. The van der Waals surface area contributed by atoms with E-state index in [9.17, 15) is 24.0 Å². The van der Waals surface area contributed by atoms with E-state index in [-0.39, 0.29) is 43.8 Å². The zero-order chi connectivity index (χ0) is 49.8. The molecule has 18 nitrogen and oxygen atoms in total. The van der Waals surface area contributed by atoms with Crippen molar-refractivity contribution in [1.29, 1.82) is 0 Å². The van der Waals surface area contributed by atoms with Gasteiger partial charge in [0.15, 0.2) is 30.4 Å². The first-order chi connectivity index (χ1) is 31.4. The van der Waals surface area contributed by atoms with E-state index in [1.54, 1.807) is 41.5 Å². The quantitative estimate of drug-likeness (QED) is 0.185. The summed E-state index contributed by atoms with van der Waals surface area (Å²) in [5, 5.41) is 2.84. The smallest absolute Gasteiger partial charge is 0.458 e. The maximum Gasteiger partial charge on any atom is 0.509 e. The molecule has 1 aromatic carbocycles. The fraction of sp³-hybridized carbons (Fsp3) is 0.776. The number of ether oxygens (including phenoxy) is 11. The van der Waals surface area contributed by atoms with Crippen LogP contribution in [0.25, 0.3) is 0 Å². The lowest BCUT2D eigenvalue weighted by Gasteiger charge is -2.50. The van der Waals surface area contributed by atoms with Gasteiger partial charge in [-0.05, 0) is 80.5 Å². The van der Waals surface area contributed by atoms with E-state index in [2.05, 4.69) is 5.32 Å². The predicted molar refractivity (Wildman–Crippen MR) is 241 cm³/mol. The SMILES string of the molecule is CC[C@H]1OC(=O)[C@H](C)[C@@H](O[C@H]2C[C@@](C)(OC)[C@@H](OC(=O)OCc3ccccc3)[C@H](C)O2)[C@H](C)[C@@H](O[C@@H]2O[C@H](C)C[C@H](N(C)C)[C@H]2OC(C)=O)[C@](C)(OC)C[C@@H](C)C(=O)[C@@H](C)[C@H]2NC(=O)O[C@@]21C. The molecule has 1 aromatic rings. The number of likely N-dealkylation sites (N-methyl/N-ethyl adjacent to an activating group) is 1. The van der Waals surface area contributed by atoms with Gasteiger partial charge < -0.3 is 62.3 Å². The molecule has 0 unspecified atom stereocenters. The summed E-state index contributed by atoms with van der Waals surface area (Å²) < 4.78 is 69.1. The molecule has 0 bridgehead atoms. The minimum absolute atomic E-state index is 0.0000903. The number of esters is 2. The molecule has 4 fully saturated rings. The molecule has 18 heteroatoms. The summed E-state index contributed by atoms with van der Waals surface area (Å²) in [5.41, 5.74) is -3.12. The second kappa shape index (κ2) is 22.2. The third-order valence-electron chi connectivity index (χ3n) is 14.5. The number of benzene rings is 1. The number of carbonyl (C=O) groups excluding carboxylic acids is 5. The Labute approximate surface area is 395 Å². The summed E-state index contributed by atoms with van der Waals surface area (Å²) in [6, 6.07) is 8.05. The monoisotopic (exact) mass is 949 g/mol. The van der Waals surface area contributed by atoms with E-state index in [0.29, 0.717) is 6.42 Å². The number of Topliss-reactive ketones (excluding diaryl/α,β-unsaturated/α-hetero) is 1. The highest BCUT2D eigenvalue weighted by Crippen LogP contribution is 2.43. The zero-order valence-electron chi connectivity index (χ0n) is 42.1. The van der Waals surface area contributed by atoms with Crippen molar-refractivity contribution in [3.05, 3.63) is 35.9 Å². The van der Waals surface area contributed by atoms with Crippen LogP contribution in [-0.4, -0.2) is 147 Å². The van der Waals surface area contributed by atoms with Crippen molar-refractivity contribution in [2.24, 2.45) is 23.7 Å². The molecule has 1 amide bonds. The molecule has 1 N–H and O–H groups in total. The van der Waals surface area contributed by atoms with E-state index in [1.165, 1.54) is 21.1 Å². The number of alkyl carbamates (subject to hydrolysis) is 1. The van der Waals surface area contributed by atoms with Crippen LogP contribution >= 0.6 is 0 Å². The lowest BCUT2D eigenvalue weighted by Crippen LogP contribution is -2.62. The Morgan fingerprint density at radius 1 is 0.836 bits per heavy atom. The molecule has 18 atom stereocenters. The first-order valence-corrected chi connectivity index (χ1v) is 23.6. The van der Waals surface area contributed by atoms with Gasteiger partial charge in [0.1, 0.15) is 24.1 Å². The third kappa shape index (κ3) is 12.1. The van der Waals surface area contributed by atoms with E-state index < -0.39 is 120 Å². The van der Waals surface area contributed by atoms with Crippen LogP contribution in [0.1, 0.15) is 107 Å². The molecule has 0 aromatic heterocycles. The second-order valence-corrected chi connectivity index (χ2v) is 19.9. The molecule has 0 saturated carbocycles. The minimum Gasteiger partial charge on any atom is -0.458 e. The molecule has 4 saturated heterocycles. The second-order valence-electron chi connectivity index (χ2n) is 19.9. The molecule has 67 heavy (non-hydrogen) atoms. The third-order valence-corrected chi connectivity index (χ3v) is 14.5. The number of fused-ring (bicyclic) bond motifs is 1.